The molecule has 0 saturated carbocycles. The second-order valence-corrected chi connectivity index (χ2v) is 5.10. The summed E-state index contributed by atoms with van der Waals surface area (Å²) in [6.45, 7) is 2.99. The van der Waals surface area contributed by atoms with E-state index in [0.717, 1.165) is 25.1 Å². The highest BCUT2D eigenvalue weighted by molar-refractivity contribution is 5.94. The Balaban J connectivity index is 1.81. The quantitative estimate of drug-likeness (QED) is 0.760. The number of hydrogen-bond acceptors (Lipinski definition) is 3. The van der Waals surface area contributed by atoms with Crippen molar-refractivity contribution in [3.8, 4) is 0 Å². The largest absolute Gasteiger partial charge is 0.391 e. The van der Waals surface area contributed by atoms with Crippen LogP contribution in [0.5, 0.6) is 0 Å². The van der Waals surface area contributed by atoms with Crippen LogP contribution in [0.4, 0.5) is 0 Å². The number of nitrogens with zero attached hydrogens (tertiary/aromatic N) is 1. The molecule has 0 aliphatic carbocycles. The van der Waals surface area contributed by atoms with Gasteiger partial charge in [-0.2, -0.15) is 0 Å². The SMILES string of the molecule is O=C(c1ccc2c(c1)CNCC2)N1CC[C@@H](O)C1. The number of β-amino-alcohol motifs (C(OH)–C–C–N with tert-alkyl or cyclic N) is 1. The Morgan fingerprint density at radius 2 is 2.28 bits per heavy atom. The molecule has 0 spiro atoms. The molecule has 0 unspecified atom stereocenters. The number of rotatable bonds is 1. The zero-order valence-electron chi connectivity index (χ0n) is 10.4. The second kappa shape index (κ2) is 4.71. The fourth-order valence-corrected chi connectivity index (χ4v) is 2.72. The Labute approximate surface area is 107 Å². The predicted molar refractivity (Wildman–Crippen MR) is 68.4 cm³/mol. The van der Waals surface area contributed by atoms with Gasteiger partial charge in [-0.1, -0.05) is 6.07 Å². The Hall–Kier alpha value is -1.39. The first kappa shape index (κ1) is 11.7. The maximum atomic E-state index is 12.3. The molecule has 2 N–H and O–H groups in total. The van der Waals surface area contributed by atoms with Crippen molar-refractivity contribution in [2.24, 2.45) is 0 Å². The topological polar surface area (TPSA) is 52.6 Å². The molecule has 0 radical (unpaired) electrons. The van der Waals surface area contributed by atoms with Crippen LogP contribution < -0.4 is 5.32 Å². The van der Waals surface area contributed by atoms with Crippen LogP contribution in [0.25, 0.3) is 0 Å². The van der Waals surface area contributed by atoms with Crippen molar-refractivity contribution >= 4 is 5.91 Å². The third-order valence-electron chi connectivity index (χ3n) is 3.79. The summed E-state index contributed by atoms with van der Waals surface area (Å²) >= 11 is 0. The molecule has 2 heterocycles. The zero-order valence-corrected chi connectivity index (χ0v) is 10.4. The number of carbonyl (C=O) groups is 1. The molecule has 1 saturated heterocycles. The van der Waals surface area contributed by atoms with Gasteiger partial charge in [0, 0.05) is 25.2 Å². The molecule has 4 nitrogen and oxygen atoms in total. The zero-order chi connectivity index (χ0) is 12.5. The van der Waals surface area contributed by atoms with E-state index in [1.165, 1.54) is 11.1 Å². The lowest BCUT2D eigenvalue weighted by molar-refractivity contribution is 0.0765. The molecular formula is C14H18N2O2. The molecular weight excluding hydrogens is 228 g/mol. The summed E-state index contributed by atoms with van der Waals surface area (Å²) < 4.78 is 0. The summed E-state index contributed by atoms with van der Waals surface area (Å²) in [5.74, 6) is 0.0416. The van der Waals surface area contributed by atoms with Gasteiger partial charge < -0.3 is 15.3 Å². The van der Waals surface area contributed by atoms with Crippen molar-refractivity contribution in [3.63, 3.8) is 0 Å². The van der Waals surface area contributed by atoms with Gasteiger partial charge in [0.1, 0.15) is 0 Å². The Morgan fingerprint density at radius 3 is 3.06 bits per heavy atom. The predicted octanol–water partition coefficient (Wildman–Crippen LogP) is 0.539. The first-order valence-electron chi connectivity index (χ1n) is 6.54. The second-order valence-electron chi connectivity index (χ2n) is 5.10. The van der Waals surface area contributed by atoms with Gasteiger partial charge in [0.2, 0.25) is 0 Å². The van der Waals surface area contributed by atoms with Crippen LogP contribution in [-0.2, 0) is 13.0 Å². The number of benzene rings is 1. The summed E-state index contributed by atoms with van der Waals surface area (Å²) in [6.07, 6.45) is 1.37. The number of likely N-dealkylation sites (tertiary alicyclic amines) is 1. The van der Waals surface area contributed by atoms with E-state index in [2.05, 4.69) is 11.4 Å². The van der Waals surface area contributed by atoms with Crippen molar-refractivity contribution < 1.29 is 9.90 Å². The number of aliphatic hydroxyl groups is 1. The number of aliphatic hydroxyl groups excluding tert-OH is 1. The molecule has 2 aliphatic rings. The molecule has 0 bridgehead atoms. The van der Waals surface area contributed by atoms with Crippen LogP contribution in [0.15, 0.2) is 18.2 Å². The minimum Gasteiger partial charge on any atom is -0.391 e. The minimum absolute atomic E-state index is 0.0416. The summed E-state index contributed by atoms with van der Waals surface area (Å²) in [5.41, 5.74) is 3.31. The smallest absolute Gasteiger partial charge is 0.253 e. The van der Waals surface area contributed by atoms with Crippen LogP contribution in [0.1, 0.15) is 27.9 Å². The summed E-state index contributed by atoms with van der Waals surface area (Å²) in [4.78, 5) is 14.0. The summed E-state index contributed by atoms with van der Waals surface area (Å²) in [6, 6.07) is 5.97. The molecule has 18 heavy (non-hydrogen) atoms. The highest BCUT2D eigenvalue weighted by atomic mass is 16.3. The van der Waals surface area contributed by atoms with Gasteiger partial charge in [-0.05, 0) is 42.6 Å². The standard InChI is InChI=1S/C14H18N2O2/c17-13-4-6-16(9-13)14(18)11-2-1-10-3-5-15-8-12(10)7-11/h1-2,7,13,15,17H,3-6,8-9H2/t13-/m1/s1. The van der Waals surface area contributed by atoms with Gasteiger partial charge in [-0.15, -0.1) is 0 Å². The molecule has 0 aromatic heterocycles. The van der Waals surface area contributed by atoms with Crippen LogP contribution in [-0.4, -0.2) is 41.7 Å². The van der Waals surface area contributed by atoms with Gasteiger partial charge in [0.25, 0.3) is 5.91 Å². The normalized spacial score (nSPS) is 22.9. The Morgan fingerprint density at radius 1 is 1.39 bits per heavy atom. The van der Waals surface area contributed by atoms with Gasteiger partial charge in [0.15, 0.2) is 0 Å². The van der Waals surface area contributed by atoms with Crippen LogP contribution in [0, 0.1) is 0 Å². The molecule has 1 aromatic carbocycles. The molecule has 1 amide bonds. The lowest BCUT2D eigenvalue weighted by Crippen LogP contribution is -2.30. The lowest BCUT2D eigenvalue weighted by Gasteiger charge is -2.20. The molecule has 1 aromatic rings. The molecule has 4 heteroatoms. The van der Waals surface area contributed by atoms with E-state index in [4.69, 9.17) is 0 Å². The molecule has 96 valence electrons. The first-order valence-corrected chi connectivity index (χ1v) is 6.54. The van der Waals surface area contributed by atoms with E-state index in [1.54, 1.807) is 4.90 Å². The maximum absolute atomic E-state index is 12.3. The van der Waals surface area contributed by atoms with E-state index in [1.807, 2.05) is 12.1 Å². The first-order chi connectivity index (χ1) is 8.74. The lowest BCUT2D eigenvalue weighted by atomic mass is 9.98. The third-order valence-corrected chi connectivity index (χ3v) is 3.79. The highest BCUT2D eigenvalue weighted by Crippen LogP contribution is 2.19. The van der Waals surface area contributed by atoms with Crippen molar-refractivity contribution in [2.75, 3.05) is 19.6 Å². The van der Waals surface area contributed by atoms with Gasteiger partial charge in [0.05, 0.1) is 6.10 Å². The van der Waals surface area contributed by atoms with E-state index in [-0.39, 0.29) is 12.0 Å². The van der Waals surface area contributed by atoms with Gasteiger partial charge >= 0.3 is 0 Å². The fourth-order valence-electron chi connectivity index (χ4n) is 2.72. The van der Waals surface area contributed by atoms with Crippen molar-refractivity contribution in [1.29, 1.82) is 0 Å². The third kappa shape index (κ3) is 2.13. The average Bonchev–Trinajstić information content (AvgIpc) is 2.84. The van der Waals surface area contributed by atoms with E-state index in [9.17, 15) is 9.90 Å². The van der Waals surface area contributed by atoms with Gasteiger partial charge in [-0.3, -0.25) is 4.79 Å². The number of fused-ring (bicyclic) bond motifs is 1. The number of amides is 1. The Kier molecular flexibility index (Phi) is 3.06. The van der Waals surface area contributed by atoms with Crippen molar-refractivity contribution in [2.45, 2.75) is 25.5 Å². The maximum Gasteiger partial charge on any atom is 0.253 e. The molecule has 1 atom stereocenters. The van der Waals surface area contributed by atoms with Gasteiger partial charge in [-0.25, -0.2) is 0 Å². The fraction of sp³-hybridized carbons (Fsp3) is 0.500. The monoisotopic (exact) mass is 246 g/mol. The molecule has 3 rings (SSSR count). The van der Waals surface area contributed by atoms with E-state index < -0.39 is 0 Å². The van der Waals surface area contributed by atoms with Crippen molar-refractivity contribution in [3.05, 3.63) is 34.9 Å². The van der Waals surface area contributed by atoms with Crippen molar-refractivity contribution in [1.82, 2.24) is 10.2 Å². The molecule has 1 fully saturated rings. The number of carbonyl (C=O) groups excluding carboxylic acids is 1. The number of hydrogen-bond donors (Lipinski definition) is 2. The number of nitrogens with one attached hydrogen (secondary N) is 1. The average molecular weight is 246 g/mol. The van der Waals surface area contributed by atoms with Crippen LogP contribution in [0.3, 0.4) is 0 Å². The van der Waals surface area contributed by atoms with E-state index in [0.29, 0.717) is 19.5 Å². The van der Waals surface area contributed by atoms with E-state index >= 15 is 0 Å². The molecule has 2 aliphatic heterocycles. The summed E-state index contributed by atoms with van der Waals surface area (Å²) in [5, 5.41) is 12.8. The minimum atomic E-state index is -0.353. The van der Waals surface area contributed by atoms with Crippen LogP contribution >= 0.6 is 0 Å². The summed E-state index contributed by atoms with van der Waals surface area (Å²) in [7, 11) is 0. The van der Waals surface area contributed by atoms with Crippen LogP contribution in [0.2, 0.25) is 0 Å². The highest BCUT2D eigenvalue weighted by Gasteiger charge is 2.25. The Bertz CT molecular complexity index is 473.